The van der Waals surface area contributed by atoms with Gasteiger partial charge in [-0.25, -0.2) is 9.13 Å². The molecule has 93 heavy (non-hydrogen) atoms. The lowest BCUT2D eigenvalue weighted by molar-refractivity contribution is -0.161. The van der Waals surface area contributed by atoms with Gasteiger partial charge in [-0.2, -0.15) is 0 Å². The van der Waals surface area contributed by atoms with E-state index < -0.39 is 97.5 Å². The van der Waals surface area contributed by atoms with Gasteiger partial charge in [-0.05, 0) is 37.5 Å². The summed E-state index contributed by atoms with van der Waals surface area (Å²) in [6, 6.07) is 0. The third kappa shape index (κ3) is 68.4. The molecular weight excluding hydrogens is 1220 g/mol. The number of carbonyl (C=O) groups is 4. The van der Waals surface area contributed by atoms with Gasteiger partial charge < -0.3 is 33.8 Å². The molecule has 0 aromatic rings. The fraction of sp³-hybridized carbons (Fsp3) is 0.946. The summed E-state index contributed by atoms with van der Waals surface area (Å²) in [5.74, 6) is -0.607. The van der Waals surface area contributed by atoms with E-state index in [1.807, 2.05) is 0 Å². The Balaban J connectivity index is 5.13. The minimum absolute atomic E-state index is 0.104. The van der Waals surface area contributed by atoms with Gasteiger partial charge in [0.15, 0.2) is 12.2 Å². The van der Waals surface area contributed by atoms with E-state index in [-0.39, 0.29) is 25.7 Å². The van der Waals surface area contributed by atoms with E-state index in [2.05, 4.69) is 41.5 Å². The van der Waals surface area contributed by atoms with Crippen LogP contribution < -0.4 is 0 Å². The summed E-state index contributed by atoms with van der Waals surface area (Å²) in [5, 5.41) is 10.6. The zero-order valence-electron chi connectivity index (χ0n) is 60.6. The minimum atomic E-state index is -4.95. The Hall–Kier alpha value is -1.94. The summed E-state index contributed by atoms with van der Waals surface area (Å²) in [6.07, 6.45) is 53.3. The van der Waals surface area contributed by atoms with E-state index in [4.69, 9.17) is 37.0 Å². The summed E-state index contributed by atoms with van der Waals surface area (Å²) >= 11 is 0. The predicted molar refractivity (Wildman–Crippen MR) is 377 cm³/mol. The molecule has 0 aliphatic rings. The van der Waals surface area contributed by atoms with Crippen molar-refractivity contribution in [3.63, 3.8) is 0 Å². The number of phosphoric acid groups is 2. The van der Waals surface area contributed by atoms with Crippen LogP contribution in [-0.2, 0) is 65.4 Å². The number of aliphatic hydroxyl groups is 1. The molecule has 0 saturated carbocycles. The van der Waals surface area contributed by atoms with Crippen LogP contribution >= 0.6 is 15.6 Å². The number of esters is 4. The van der Waals surface area contributed by atoms with E-state index >= 15 is 0 Å². The number of unbranched alkanes of at least 4 members (excludes halogenated alkanes) is 43. The van der Waals surface area contributed by atoms with Gasteiger partial charge in [-0.3, -0.25) is 37.3 Å². The molecule has 5 atom stereocenters. The number of hydrogen-bond donors (Lipinski definition) is 3. The second kappa shape index (κ2) is 66.0. The molecule has 3 N–H and O–H groups in total. The Kier molecular flexibility index (Phi) is 64.6. The number of hydrogen-bond acceptors (Lipinski definition) is 15. The van der Waals surface area contributed by atoms with Crippen LogP contribution in [0.3, 0.4) is 0 Å². The Morgan fingerprint density at radius 2 is 0.495 bits per heavy atom. The van der Waals surface area contributed by atoms with Gasteiger partial charge in [-0.15, -0.1) is 0 Å². The van der Waals surface area contributed by atoms with E-state index in [9.17, 15) is 43.2 Å². The molecule has 0 rings (SSSR count). The lowest BCUT2D eigenvalue weighted by Gasteiger charge is -2.21. The fourth-order valence-electron chi connectivity index (χ4n) is 11.3. The van der Waals surface area contributed by atoms with Gasteiger partial charge >= 0.3 is 39.5 Å². The van der Waals surface area contributed by atoms with Crippen LogP contribution in [0.5, 0.6) is 0 Å². The highest BCUT2D eigenvalue weighted by Crippen LogP contribution is 2.45. The molecule has 0 amide bonds. The number of ether oxygens (including phenoxy) is 4. The maximum atomic E-state index is 13.1. The molecule has 0 aliphatic carbocycles. The normalized spacial score (nSPS) is 14.1. The summed E-state index contributed by atoms with van der Waals surface area (Å²) < 4.78 is 68.2. The third-order valence-corrected chi connectivity index (χ3v) is 19.1. The average Bonchev–Trinajstić information content (AvgIpc) is 2.18. The van der Waals surface area contributed by atoms with Crippen molar-refractivity contribution in [2.45, 2.75) is 400 Å². The molecule has 19 heteroatoms. The first-order chi connectivity index (χ1) is 44.9. The molecule has 0 saturated heterocycles. The molecule has 2 unspecified atom stereocenters. The molecular formula is C74H144O17P2. The van der Waals surface area contributed by atoms with Gasteiger partial charge in [0.05, 0.1) is 26.4 Å². The van der Waals surface area contributed by atoms with Gasteiger partial charge in [0.2, 0.25) is 0 Å². The second-order valence-corrected chi connectivity index (χ2v) is 30.5. The summed E-state index contributed by atoms with van der Waals surface area (Å²) in [5.41, 5.74) is 0. The van der Waals surface area contributed by atoms with E-state index in [0.717, 1.165) is 108 Å². The lowest BCUT2D eigenvalue weighted by Crippen LogP contribution is -2.30. The van der Waals surface area contributed by atoms with E-state index in [0.29, 0.717) is 25.7 Å². The number of phosphoric ester groups is 2. The van der Waals surface area contributed by atoms with Crippen LogP contribution in [0, 0.1) is 11.8 Å². The van der Waals surface area contributed by atoms with E-state index in [1.165, 1.54) is 193 Å². The topological polar surface area (TPSA) is 237 Å². The van der Waals surface area contributed by atoms with Crippen LogP contribution in [0.2, 0.25) is 0 Å². The average molecular weight is 1370 g/mol. The van der Waals surface area contributed by atoms with Crippen LogP contribution in [0.4, 0.5) is 0 Å². The Morgan fingerprint density at radius 3 is 0.731 bits per heavy atom. The number of rotatable bonds is 73. The van der Waals surface area contributed by atoms with Crippen molar-refractivity contribution in [1.82, 2.24) is 0 Å². The molecule has 0 fully saturated rings. The zero-order valence-corrected chi connectivity index (χ0v) is 62.3. The fourth-order valence-corrected chi connectivity index (χ4v) is 12.9. The van der Waals surface area contributed by atoms with Crippen molar-refractivity contribution < 1.29 is 80.2 Å². The third-order valence-electron chi connectivity index (χ3n) is 17.2. The standard InChI is InChI=1S/C74H144O17P2/c1-7-9-11-13-14-15-16-17-18-19-20-21-24-28-31-34-40-46-52-58-73(78)91-70(63-85-72(77)57-51-45-39-33-30-27-25-22-23-26-29-32-37-43-48-54-66(3)4)65-89-93(82,83)87-61-68(75)60-86-92(80,81)88-64-69(62-84-71(76)56-50-42-12-10-8-2)90-74(79)59-53-47-41-36-35-38-44-49-55-67(5)6/h66-70,75H,7-65H2,1-6H3,(H,80,81)(H,82,83)/t68-,69+,70+/m0/s1. The summed E-state index contributed by atoms with van der Waals surface area (Å²) in [7, 11) is -9.90. The molecule has 552 valence electrons. The van der Waals surface area contributed by atoms with Crippen LogP contribution in [0.15, 0.2) is 0 Å². The van der Waals surface area contributed by atoms with E-state index in [1.54, 1.807) is 0 Å². The molecule has 17 nitrogen and oxygen atoms in total. The highest BCUT2D eigenvalue weighted by Gasteiger charge is 2.30. The number of aliphatic hydroxyl groups excluding tert-OH is 1. The zero-order chi connectivity index (χ0) is 68.6. The van der Waals surface area contributed by atoms with Crippen molar-refractivity contribution >= 4 is 39.5 Å². The van der Waals surface area contributed by atoms with Crippen molar-refractivity contribution in [3.8, 4) is 0 Å². The second-order valence-electron chi connectivity index (χ2n) is 27.6. The molecule has 0 radical (unpaired) electrons. The van der Waals surface area contributed by atoms with Crippen LogP contribution in [-0.4, -0.2) is 96.7 Å². The SMILES string of the molecule is CCCCCCCCCCCCCCCCCCCCCC(=O)O[C@H](COC(=O)CCCCCCCCCCCCCCCCCC(C)C)COP(=O)(O)OC[C@@H](O)COP(=O)(O)OC[C@@H](COC(=O)CCCCCCC)OC(=O)CCCCCCCCCCC(C)C. The van der Waals surface area contributed by atoms with Crippen molar-refractivity contribution in [2.24, 2.45) is 11.8 Å². The predicted octanol–water partition coefficient (Wildman–Crippen LogP) is 21.6. The quantitative estimate of drug-likeness (QED) is 0.0222. The van der Waals surface area contributed by atoms with Gasteiger partial charge in [0, 0.05) is 25.7 Å². The van der Waals surface area contributed by atoms with Crippen LogP contribution in [0.1, 0.15) is 382 Å². The van der Waals surface area contributed by atoms with Crippen molar-refractivity contribution in [1.29, 1.82) is 0 Å². The summed E-state index contributed by atoms with van der Waals surface area (Å²) in [4.78, 5) is 72.4. The van der Waals surface area contributed by atoms with Gasteiger partial charge in [0.25, 0.3) is 0 Å². The smallest absolute Gasteiger partial charge is 0.462 e. The van der Waals surface area contributed by atoms with Crippen molar-refractivity contribution in [3.05, 3.63) is 0 Å². The maximum Gasteiger partial charge on any atom is 0.472 e. The first kappa shape index (κ1) is 91.1. The Labute approximate surface area is 568 Å². The Bertz CT molecular complexity index is 1800. The maximum absolute atomic E-state index is 13.1. The molecule has 0 bridgehead atoms. The van der Waals surface area contributed by atoms with Crippen LogP contribution in [0.25, 0.3) is 0 Å². The molecule has 0 aliphatic heterocycles. The Morgan fingerprint density at radius 1 is 0.290 bits per heavy atom. The monoisotopic (exact) mass is 1370 g/mol. The summed E-state index contributed by atoms with van der Waals surface area (Å²) in [6.45, 7) is 9.47. The number of carbonyl (C=O) groups excluding carboxylic acids is 4. The highest BCUT2D eigenvalue weighted by atomic mass is 31.2. The largest absolute Gasteiger partial charge is 0.472 e. The van der Waals surface area contributed by atoms with Crippen molar-refractivity contribution in [2.75, 3.05) is 39.6 Å². The van der Waals surface area contributed by atoms with Gasteiger partial charge in [-0.1, -0.05) is 330 Å². The van der Waals surface area contributed by atoms with Gasteiger partial charge in [0.1, 0.15) is 19.3 Å². The minimum Gasteiger partial charge on any atom is -0.462 e. The first-order valence-corrected chi connectivity index (χ1v) is 41.5. The lowest BCUT2D eigenvalue weighted by atomic mass is 10.0. The molecule has 0 aromatic carbocycles. The molecule has 0 aromatic heterocycles. The highest BCUT2D eigenvalue weighted by molar-refractivity contribution is 7.47. The molecule has 0 spiro atoms. The first-order valence-electron chi connectivity index (χ1n) is 38.5. The molecule has 0 heterocycles.